The van der Waals surface area contributed by atoms with Crippen molar-refractivity contribution in [3.63, 3.8) is 0 Å². The molecule has 1 unspecified atom stereocenters. The lowest BCUT2D eigenvalue weighted by Crippen LogP contribution is -2.38. The molecule has 0 bridgehead atoms. The number of halogens is 1. The van der Waals surface area contributed by atoms with Gasteiger partial charge < -0.3 is 16.0 Å². The second kappa shape index (κ2) is 10.9. The molecule has 0 aromatic carbocycles. The third-order valence-electron chi connectivity index (χ3n) is 3.71. The number of amides is 2. The molecule has 0 radical (unpaired) electrons. The van der Waals surface area contributed by atoms with Crippen LogP contribution in [0.4, 0.5) is 0 Å². The van der Waals surface area contributed by atoms with E-state index in [1.807, 2.05) is 6.92 Å². The van der Waals surface area contributed by atoms with Gasteiger partial charge in [-0.2, -0.15) is 0 Å². The quantitative estimate of drug-likeness (QED) is 0.659. The smallest absolute Gasteiger partial charge is 0.239 e. The van der Waals surface area contributed by atoms with E-state index in [2.05, 4.69) is 22.9 Å². The van der Waals surface area contributed by atoms with Crippen molar-refractivity contribution in [3.8, 4) is 0 Å². The molecule has 118 valence electrons. The summed E-state index contributed by atoms with van der Waals surface area (Å²) in [6.45, 7) is 7.00. The van der Waals surface area contributed by atoms with Crippen molar-refractivity contribution in [2.75, 3.05) is 26.2 Å². The normalized spacial score (nSPS) is 16.9. The molecule has 1 atom stereocenters. The summed E-state index contributed by atoms with van der Waals surface area (Å²) in [5.41, 5.74) is 0. The molecular weight excluding hydrogens is 278 g/mol. The van der Waals surface area contributed by atoms with Crippen LogP contribution in [0.5, 0.6) is 0 Å². The average Bonchev–Trinajstić information content (AvgIpc) is 2.43. The Balaban J connectivity index is 0.00000361. The molecule has 0 aromatic rings. The van der Waals surface area contributed by atoms with Crippen LogP contribution < -0.4 is 16.0 Å². The number of piperidine rings is 1. The van der Waals surface area contributed by atoms with Crippen molar-refractivity contribution in [3.05, 3.63) is 0 Å². The van der Waals surface area contributed by atoms with Gasteiger partial charge in [0, 0.05) is 13.0 Å². The highest BCUT2D eigenvalue weighted by Gasteiger charge is 2.21. The van der Waals surface area contributed by atoms with Gasteiger partial charge in [0.25, 0.3) is 0 Å². The molecule has 1 aliphatic heterocycles. The highest BCUT2D eigenvalue weighted by Crippen LogP contribution is 2.23. The zero-order chi connectivity index (χ0) is 14.1. The first kappa shape index (κ1) is 19.2. The summed E-state index contributed by atoms with van der Waals surface area (Å²) in [6.07, 6.45) is 3.72. The summed E-state index contributed by atoms with van der Waals surface area (Å²) in [5, 5.41) is 8.77. The highest BCUT2D eigenvalue weighted by molar-refractivity contribution is 5.85. The molecular formula is C14H28ClN3O2. The summed E-state index contributed by atoms with van der Waals surface area (Å²) in [4.78, 5) is 23.1. The van der Waals surface area contributed by atoms with Crippen LogP contribution in [-0.2, 0) is 9.59 Å². The molecule has 6 heteroatoms. The van der Waals surface area contributed by atoms with E-state index in [-0.39, 0.29) is 30.8 Å². The predicted molar refractivity (Wildman–Crippen MR) is 82.9 cm³/mol. The standard InChI is InChI=1S/C14H27N3O2.ClH/c1-3-6-16-14(19)10-17-13(18)9-11(2)12-4-7-15-8-5-12;/h11-12,15H,3-10H2,1-2H3,(H,16,19)(H,17,18);1H. The number of nitrogens with one attached hydrogen (secondary N) is 3. The number of rotatable bonds is 7. The third-order valence-corrected chi connectivity index (χ3v) is 3.71. The molecule has 0 aliphatic carbocycles. The first-order chi connectivity index (χ1) is 9.13. The fraction of sp³-hybridized carbons (Fsp3) is 0.857. The Hall–Kier alpha value is -0.810. The van der Waals surface area contributed by atoms with Crippen molar-refractivity contribution in [2.45, 2.75) is 39.5 Å². The van der Waals surface area contributed by atoms with Crippen molar-refractivity contribution in [1.29, 1.82) is 0 Å². The average molecular weight is 306 g/mol. The first-order valence-corrected chi connectivity index (χ1v) is 7.37. The molecule has 1 saturated heterocycles. The van der Waals surface area contributed by atoms with E-state index in [4.69, 9.17) is 0 Å². The van der Waals surface area contributed by atoms with E-state index in [0.717, 1.165) is 32.4 Å². The first-order valence-electron chi connectivity index (χ1n) is 7.37. The largest absolute Gasteiger partial charge is 0.355 e. The van der Waals surface area contributed by atoms with Crippen LogP contribution in [0.3, 0.4) is 0 Å². The molecule has 0 saturated carbocycles. The summed E-state index contributed by atoms with van der Waals surface area (Å²) in [6, 6.07) is 0. The molecule has 2 amide bonds. The number of hydrogen-bond acceptors (Lipinski definition) is 3. The highest BCUT2D eigenvalue weighted by atomic mass is 35.5. The summed E-state index contributed by atoms with van der Waals surface area (Å²) >= 11 is 0. The maximum absolute atomic E-state index is 11.8. The Kier molecular flexibility index (Phi) is 10.5. The second-order valence-electron chi connectivity index (χ2n) is 5.40. The van der Waals surface area contributed by atoms with Crippen LogP contribution in [0.15, 0.2) is 0 Å². The Morgan fingerprint density at radius 3 is 2.45 bits per heavy atom. The van der Waals surface area contributed by atoms with E-state index in [1.54, 1.807) is 0 Å². The van der Waals surface area contributed by atoms with E-state index in [9.17, 15) is 9.59 Å². The van der Waals surface area contributed by atoms with Crippen molar-refractivity contribution < 1.29 is 9.59 Å². The Morgan fingerprint density at radius 2 is 1.85 bits per heavy atom. The van der Waals surface area contributed by atoms with Gasteiger partial charge in [-0.15, -0.1) is 12.4 Å². The topological polar surface area (TPSA) is 70.2 Å². The maximum atomic E-state index is 11.8. The zero-order valence-corrected chi connectivity index (χ0v) is 13.4. The molecule has 1 aliphatic rings. The van der Waals surface area contributed by atoms with Gasteiger partial charge in [-0.1, -0.05) is 13.8 Å². The fourth-order valence-corrected chi connectivity index (χ4v) is 2.45. The Bertz CT molecular complexity index is 294. The van der Waals surface area contributed by atoms with Crippen LogP contribution in [0.1, 0.15) is 39.5 Å². The van der Waals surface area contributed by atoms with Gasteiger partial charge >= 0.3 is 0 Å². The van der Waals surface area contributed by atoms with E-state index < -0.39 is 0 Å². The van der Waals surface area contributed by atoms with Crippen LogP contribution in [-0.4, -0.2) is 38.0 Å². The minimum absolute atomic E-state index is 0. The summed E-state index contributed by atoms with van der Waals surface area (Å²) in [5.74, 6) is 0.893. The van der Waals surface area contributed by atoms with Gasteiger partial charge in [0.05, 0.1) is 6.54 Å². The second-order valence-corrected chi connectivity index (χ2v) is 5.40. The predicted octanol–water partition coefficient (Wildman–Crippen LogP) is 1.08. The van der Waals surface area contributed by atoms with Crippen LogP contribution >= 0.6 is 12.4 Å². The zero-order valence-electron chi connectivity index (χ0n) is 12.5. The number of carbonyl (C=O) groups excluding carboxylic acids is 2. The van der Waals surface area contributed by atoms with E-state index in [0.29, 0.717) is 24.8 Å². The number of hydrogen-bond donors (Lipinski definition) is 3. The fourth-order valence-electron chi connectivity index (χ4n) is 2.45. The number of carbonyl (C=O) groups is 2. The molecule has 3 N–H and O–H groups in total. The molecule has 0 spiro atoms. The molecule has 1 heterocycles. The minimum Gasteiger partial charge on any atom is -0.355 e. The van der Waals surface area contributed by atoms with Gasteiger partial charge in [0.1, 0.15) is 0 Å². The van der Waals surface area contributed by atoms with E-state index >= 15 is 0 Å². The van der Waals surface area contributed by atoms with Gasteiger partial charge in [-0.3, -0.25) is 9.59 Å². The summed E-state index contributed by atoms with van der Waals surface area (Å²) in [7, 11) is 0. The lowest BCUT2D eigenvalue weighted by atomic mass is 9.84. The monoisotopic (exact) mass is 305 g/mol. The van der Waals surface area contributed by atoms with Gasteiger partial charge in [-0.05, 0) is 44.2 Å². The van der Waals surface area contributed by atoms with Crippen molar-refractivity contribution >= 4 is 24.2 Å². The molecule has 0 aromatic heterocycles. The lowest BCUT2D eigenvalue weighted by Gasteiger charge is -2.27. The maximum Gasteiger partial charge on any atom is 0.239 e. The summed E-state index contributed by atoms with van der Waals surface area (Å²) < 4.78 is 0. The van der Waals surface area contributed by atoms with Crippen molar-refractivity contribution in [1.82, 2.24) is 16.0 Å². The third kappa shape index (κ3) is 7.70. The molecule has 20 heavy (non-hydrogen) atoms. The Morgan fingerprint density at radius 1 is 1.20 bits per heavy atom. The van der Waals surface area contributed by atoms with Gasteiger partial charge in [0.15, 0.2) is 0 Å². The SMILES string of the molecule is CCCNC(=O)CNC(=O)CC(C)C1CCNCC1.Cl. The van der Waals surface area contributed by atoms with Gasteiger partial charge in [0.2, 0.25) is 11.8 Å². The molecule has 5 nitrogen and oxygen atoms in total. The van der Waals surface area contributed by atoms with E-state index in [1.165, 1.54) is 0 Å². The van der Waals surface area contributed by atoms with Crippen LogP contribution in [0.2, 0.25) is 0 Å². The Labute approximate surface area is 128 Å². The van der Waals surface area contributed by atoms with Gasteiger partial charge in [-0.25, -0.2) is 0 Å². The van der Waals surface area contributed by atoms with Crippen LogP contribution in [0.25, 0.3) is 0 Å². The van der Waals surface area contributed by atoms with Crippen molar-refractivity contribution in [2.24, 2.45) is 11.8 Å². The lowest BCUT2D eigenvalue weighted by molar-refractivity contribution is -0.126. The molecule has 1 rings (SSSR count). The molecule has 1 fully saturated rings. The van der Waals surface area contributed by atoms with Crippen LogP contribution in [0, 0.1) is 11.8 Å². The minimum atomic E-state index is -0.107.